The molecule has 21 heavy (non-hydrogen) atoms. The molecule has 3 heteroatoms. The monoisotopic (exact) mass is 297 g/mol. The molecule has 0 aliphatic rings. The number of Topliss-reactive ketones (excluding diaryl/α,β-unsaturated/α-hetero) is 1. The number of ketones is 1. The third-order valence-corrected chi connectivity index (χ3v) is 3.97. The number of unbranched alkanes of at least 4 members (excludes halogenated alkanes) is 10. The number of carbonyl (C=O) groups excluding carboxylic acids is 2. The normalized spacial score (nSPS) is 10.6. The Bertz CT molecular complexity index is 264. The van der Waals surface area contributed by atoms with E-state index in [4.69, 9.17) is 0 Å². The van der Waals surface area contributed by atoms with Crippen molar-refractivity contribution in [1.29, 1.82) is 0 Å². The van der Waals surface area contributed by atoms with E-state index >= 15 is 0 Å². The molecule has 0 radical (unpaired) electrons. The number of rotatable bonds is 15. The summed E-state index contributed by atoms with van der Waals surface area (Å²) in [5.41, 5.74) is 0. The molecule has 0 saturated carbocycles. The number of hydrogen-bond acceptors (Lipinski definition) is 2. The molecule has 3 nitrogen and oxygen atoms in total. The molecule has 1 amide bonds. The van der Waals surface area contributed by atoms with Gasteiger partial charge in [-0.2, -0.15) is 0 Å². The van der Waals surface area contributed by atoms with Gasteiger partial charge in [0, 0.05) is 26.3 Å². The van der Waals surface area contributed by atoms with Crippen molar-refractivity contribution in [3.63, 3.8) is 0 Å². The van der Waals surface area contributed by atoms with Crippen LogP contribution in [0.2, 0.25) is 0 Å². The molecule has 0 aliphatic heterocycles. The van der Waals surface area contributed by atoms with Gasteiger partial charge in [0.05, 0.1) is 0 Å². The summed E-state index contributed by atoms with van der Waals surface area (Å²) in [6.45, 7) is 2.25. The van der Waals surface area contributed by atoms with Crippen molar-refractivity contribution in [3.05, 3.63) is 0 Å². The summed E-state index contributed by atoms with van der Waals surface area (Å²) in [5, 5.41) is 2.54. The zero-order chi connectivity index (χ0) is 15.8. The average Bonchev–Trinajstić information content (AvgIpc) is 2.50. The first-order valence-corrected chi connectivity index (χ1v) is 8.93. The van der Waals surface area contributed by atoms with Crippen LogP contribution in [0.4, 0.5) is 0 Å². The van der Waals surface area contributed by atoms with Crippen molar-refractivity contribution in [2.24, 2.45) is 0 Å². The molecule has 0 heterocycles. The number of amides is 1. The SMILES string of the molecule is CCCCCCCCCCCCCC(=O)CCC(=O)NC. The summed E-state index contributed by atoms with van der Waals surface area (Å²) in [6, 6.07) is 0. The minimum Gasteiger partial charge on any atom is -0.359 e. The van der Waals surface area contributed by atoms with Gasteiger partial charge in [-0.15, -0.1) is 0 Å². The Balaban J connectivity index is 3.18. The van der Waals surface area contributed by atoms with Gasteiger partial charge >= 0.3 is 0 Å². The molecular weight excluding hydrogens is 262 g/mol. The lowest BCUT2D eigenvalue weighted by molar-refractivity contribution is -0.125. The van der Waals surface area contributed by atoms with Crippen molar-refractivity contribution in [1.82, 2.24) is 5.32 Å². The van der Waals surface area contributed by atoms with Crippen molar-refractivity contribution in [3.8, 4) is 0 Å². The van der Waals surface area contributed by atoms with E-state index in [2.05, 4.69) is 12.2 Å². The van der Waals surface area contributed by atoms with Gasteiger partial charge in [0.15, 0.2) is 0 Å². The zero-order valence-electron chi connectivity index (χ0n) is 14.2. The van der Waals surface area contributed by atoms with Crippen LogP contribution in [0, 0.1) is 0 Å². The first kappa shape index (κ1) is 20.1. The van der Waals surface area contributed by atoms with E-state index in [1.165, 1.54) is 57.8 Å². The lowest BCUT2D eigenvalue weighted by Gasteiger charge is -2.03. The highest BCUT2D eigenvalue weighted by atomic mass is 16.2. The Hall–Kier alpha value is -0.860. The predicted molar refractivity (Wildman–Crippen MR) is 89.4 cm³/mol. The van der Waals surface area contributed by atoms with Crippen molar-refractivity contribution in [2.45, 2.75) is 96.8 Å². The van der Waals surface area contributed by atoms with Crippen LogP contribution in [0.15, 0.2) is 0 Å². The predicted octanol–water partition coefficient (Wildman–Crippen LogP) is 4.78. The van der Waals surface area contributed by atoms with Crippen LogP contribution >= 0.6 is 0 Å². The molecule has 0 saturated heterocycles. The Morgan fingerprint density at radius 1 is 0.667 bits per heavy atom. The molecule has 124 valence electrons. The lowest BCUT2D eigenvalue weighted by atomic mass is 10.0. The number of nitrogens with one attached hydrogen (secondary N) is 1. The summed E-state index contributed by atoms with van der Waals surface area (Å²) in [6.07, 6.45) is 15.7. The largest absolute Gasteiger partial charge is 0.359 e. The maximum absolute atomic E-state index is 11.5. The average molecular weight is 297 g/mol. The maximum atomic E-state index is 11.5. The van der Waals surface area contributed by atoms with Crippen LogP contribution in [-0.2, 0) is 9.59 Å². The molecule has 0 unspecified atom stereocenters. The first-order valence-electron chi connectivity index (χ1n) is 8.93. The minimum atomic E-state index is -0.0395. The quantitative estimate of drug-likeness (QED) is 0.442. The fourth-order valence-electron chi connectivity index (χ4n) is 2.49. The highest BCUT2D eigenvalue weighted by Crippen LogP contribution is 2.12. The molecule has 0 aromatic rings. The molecule has 0 spiro atoms. The summed E-state index contributed by atoms with van der Waals surface area (Å²) in [4.78, 5) is 22.6. The summed E-state index contributed by atoms with van der Waals surface area (Å²) >= 11 is 0. The molecular formula is C18H35NO2. The van der Waals surface area contributed by atoms with Gasteiger partial charge in [-0.1, -0.05) is 71.1 Å². The van der Waals surface area contributed by atoms with E-state index < -0.39 is 0 Å². The third-order valence-electron chi connectivity index (χ3n) is 3.97. The van der Waals surface area contributed by atoms with Crippen LogP contribution < -0.4 is 5.32 Å². The van der Waals surface area contributed by atoms with E-state index in [9.17, 15) is 9.59 Å². The second-order valence-corrected chi connectivity index (χ2v) is 6.00. The molecule has 0 bridgehead atoms. The van der Waals surface area contributed by atoms with E-state index in [-0.39, 0.29) is 11.7 Å². The van der Waals surface area contributed by atoms with Gasteiger partial charge in [-0.05, 0) is 6.42 Å². The van der Waals surface area contributed by atoms with Crippen molar-refractivity contribution in [2.75, 3.05) is 7.05 Å². The van der Waals surface area contributed by atoms with Gasteiger partial charge in [0.1, 0.15) is 5.78 Å². The Morgan fingerprint density at radius 2 is 1.14 bits per heavy atom. The molecule has 0 rings (SSSR count). The molecule has 1 N–H and O–H groups in total. The van der Waals surface area contributed by atoms with Crippen LogP contribution in [-0.4, -0.2) is 18.7 Å². The Kier molecular flexibility index (Phi) is 14.9. The topological polar surface area (TPSA) is 46.2 Å². The summed E-state index contributed by atoms with van der Waals surface area (Å²) < 4.78 is 0. The van der Waals surface area contributed by atoms with E-state index in [0.29, 0.717) is 19.3 Å². The smallest absolute Gasteiger partial charge is 0.220 e. The highest BCUT2D eigenvalue weighted by Gasteiger charge is 2.05. The van der Waals surface area contributed by atoms with Gasteiger partial charge in [0.2, 0.25) is 5.91 Å². The maximum Gasteiger partial charge on any atom is 0.220 e. The minimum absolute atomic E-state index is 0.0395. The Labute approximate surface area is 131 Å². The second kappa shape index (κ2) is 15.5. The van der Waals surface area contributed by atoms with Crippen molar-refractivity contribution >= 4 is 11.7 Å². The third kappa shape index (κ3) is 15.3. The number of carbonyl (C=O) groups is 2. The fraction of sp³-hybridized carbons (Fsp3) is 0.889. The number of hydrogen-bond donors (Lipinski definition) is 1. The van der Waals surface area contributed by atoms with E-state index in [1.807, 2.05) is 0 Å². The molecule has 0 aromatic heterocycles. The first-order chi connectivity index (χ1) is 10.2. The zero-order valence-corrected chi connectivity index (χ0v) is 14.2. The molecule has 0 atom stereocenters. The van der Waals surface area contributed by atoms with Crippen LogP contribution in [0.3, 0.4) is 0 Å². The standard InChI is InChI=1S/C18H35NO2/c1-3-4-5-6-7-8-9-10-11-12-13-14-17(20)15-16-18(21)19-2/h3-16H2,1-2H3,(H,19,21). The van der Waals surface area contributed by atoms with Crippen LogP contribution in [0.1, 0.15) is 96.8 Å². The van der Waals surface area contributed by atoms with E-state index in [1.54, 1.807) is 7.05 Å². The van der Waals surface area contributed by atoms with Crippen molar-refractivity contribution < 1.29 is 9.59 Å². The molecule has 0 aromatic carbocycles. The summed E-state index contributed by atoms with van der Waals surface area (Å²) in [7, 11) is 1.61. The highest BCUT2D eigenvalue weighted by molar-refractivity contribution is 5.84. The van der Waals surface area contributed by atoms with Gasteiger partial charge < -0.3 is 5.32 Å². The van der Waals surface area contributed by atoms with Gasteiger partial charge in [-0.25, -0.2) is 0 Å². The molecule has 0 aliphatic carbocycles. The second-order valence-electron chi connectivity index (χ2n) is 6.00. The van der Waals surface area contributed by atoms with Gasteiger partial charge in [0.25, 0.3) is 0 Å². The van der Waals surface area contributed by atoms with Gasteiger partial charge in [-0.3, -0.25) is 9.59 Å². The van der Waals surface area contributed by atoms with Crippen LogP contribution in [0.5, 0.6) is 0 Å². The molecule has 0 fully saturated rings. The fourth-order valence-corrected chi connectivity index (χ4v) is 2.49. The van der Waals surface area contributed by atoms with Crippen LogP contribution in [0.25, 0.3) is 0 Å². The summed E-state index contributed by atoms with van der Waals surface area (Å²) in [5.74, 6) is 0.191. The lowest BCUT2D eigenvalue weighted by Crippen LogP contribution is -2.18. The van der Waals surface area contributed by atoms with E-state index in [0.717, 1.165) is 12.8 Å². The Morgan fingerprint density at radius 3 is 1.62 bits per heavy atom.